The molecule has 0 spiro atoms. The van der Waals surface area contributed by atoms with Crippen molar-refractivity contribution >= 4 is 17.3 Å². The summed E-state index contributed by atoms with van der Waals surface area (Å²) >= 11 is 0. The van der Waals surface area contributed by atoms with Crippen molar-refractivity contribution in [2.75, 3.05) is 57.7 Å². The van der Waals surface area contributed by atoms with Gasteiger partial charge in [-0.2, -0.15) is 0 Å². The molecule has 0 bridgehead atoms. The maximum Gasteiger partial charge on any atom is 0.227 e. The highest BCUT2D eigenvalue weighted by Crippen LogP contribution is 2.27. The summed E-state index contributed by atoms with van der Waals surface area (Å²) in [6, 6.07) is 16.3. The van der Waals surface area contributed by atoms with Gasteiger partial charge in [0.05, 0.1) is 32.1 Å². The van der Waals surface area contributed by atoms with Crippen LogP contribution in [0.1, 0.15) is 11.1 Å². The van der Waals surface area contributed by atoms with E-state index in [4.69, 9.17) is 14.5 Å². The van der Waals surface area contributed by atoms with Crippen LogP contribution in [0.2, 0.25) is 0 Å². The van der Waals surface area contributed by atoms with Crippen molar-refractivity contribution in [3.05, 3.63) is 91.2 Å². The minimum Gasteiger partial charge on any atom is -0.373 e. The highest BCUT2D eigenvalue weighted by atomic mass is 16.5. The predicted molar refractivity (Wildman–Crippen MR) is 149 cm³/mol. The van der Waals surface area contributed by atoms with E-state index >= 15 is 0 Å². The SMILES string of the molecule is C=CCOCc1cccc(-c2ccnc(Nc3ccc(N(C)CCN(C)C)c(COCC=C)c3)n2)c1. The van der Waals surface area contributed by atoms with Gasteiger partial charge in [0.25, 0.3) is 0 Å². The molecule has 2 aromatic carbocycles. The molecule has 1 heterocycles. The van der Waals surface area contributed by atoms with Gasteiger partial charge in [0, 0.05) is 48.8 Å². The Morgan fingerprint density at radius 1 is 0.917 bits per heavy atom. The molecule has 0 amide bonds. The van der Waals surface area contributed by atoms with Gasteiger partial charge in [-0.15, -0.1) is 13.2 Å². The van der Waals surface area contributed by atoms with E-state index in [2.05, 4.69) is 72.6 Å². The fraction of sp³-hybridized carbons (Fsp3) is 0.310. The van der Waals surface area contributed by atoms with E-state index < -0.39 is 0 Å². The molecule has 0 aliphatic heterocycles. The Morgan fingerprint density at radius 3 is 2.44 bits per heavy atom. The third-order valence-corrected chi connectivity index (χ3v) is 5.51. The Morgan fingerprint density at radius 2 is 1.69 bits per heavy atom. The second-order valence-corrected chi connectivity index (χ2v) is 8.77. The third kappa shape index (κ3) is 8.30. The molecule has 0 fully saturated rings. The van der Waals surface area contributed by atoms with Gasteiger partial charge in [-0.1, -0.05) is 30.4 Å². The van der Waals surface area contributed by atoms with Gasteiger partial charge in [0.2, 0.25) is 5.95 Å². The second-order valence-electron chi connectivity index (χ2n) is 8.77. The summed E-state index contributed by atoms with van der Waals surface area (Å²) in [5.74, 6) is 0.535. The first-order valence-corrected chi connectivity index (χ1v) is 12.1. The molecule has 1 N–H and O–H groups in total. The zero-order valence-electron chi connectivity index (χ0n) is 21.6. The Kier molecular flexibility index (Phi) is 10.6. The molecule has 36 heavy (non-hydrogen) atoms. The molecule has 0 atom stereocenters. The molecule has 0 unspecified atom stereocenters. The van der Waals surface area contributed by atoms with Crippen LogP contribution in [0.4, 0.5) is 17.3 Å². The van der Waals surface area contributed by atoms with Gasteiger partial charge in [-0.25, -0.2) is 9.97 Å². The van der Waals surface area contributed by atoms with Gasteiger partial charge in [0.15, 0.2) is 0 Å². The Bertz CT molecular complexity index is 1130. The van der Waals surface area contributed by atoms with Gasteiger partial charge in [0.1, 0.15) is 0 Å². The molecule has 3 aromatic rings. The number of nitrogens with one attached hydrogen (secondary N) is 1. The highest BCUT2D eigenvalue weighted by Gasteiger charge is 2.11. The van der Waals surface area contributed by atoms with Crippen LogP contribution in [0.5, 0.6) is 0 Å². The lowest BCUT2D eigenvalue weighted by atomic mass is 10.1. The Hall–Kier alpha value is -3.52. The van der Waals surface area contributed by atoms with Crippen molar-refractivity contribution in [2.45, 2.75) is 13.2 Å². The maximum absolute atomic E-state index is 5.78. The van der Waals surface area contributed by atoms with Crippen molar-refractivity contribution in [1.82, 2.24) is 14.9 Å². The van der Waals surface area contributed by atoms with Crippen LogP contribution in [-0.2, 0) is 22.7 Å². The Balaban J connectivity index is 1.79. The molecular formula is C29H37N5O2. The number of aromatic nitrogens is 2. The molecule has 7 nitrogen and oxygen atoms in total. The zero-order valence-corrected chi connectivity index (χ0v) is 21.6. The minimum atomic E-state index is 0.491. The molecule has 0 aliphatic carbocycles. The van der Waals surface area contributed by atoms with Gasteiger partial charge in [-0.05, 0) is 50.0 Å². The van der Waals surface area contributed by atoms with Crippen molar-refractivity contribution in [3.63, 3.8) is 0 Å². The van der Waals surface area contributed by atoms with E-state index in [9.17, 15) is 0 Å². The summed E-state index contributed by atoms with van der Waals surface area (Å²) in [6.07, 6.45) is 5.28. The molecule has 3 rings (SSSR count). The van der Waals surface area contributed by atoms with Crippen LogP contribution < -0.4 is 10.2 Å². The first-order chi connectivity index (χ1) is 17.5. The number of hydrogen-bond donors (Lipinski definition) is 1. The van der Waals surface area contributed by atoms with Crippen LogP contribution in [0.3, 0.4) is 0 Å². The van der Waals surface area contributed by atoms with E-state index in [-0.39, 0.29) is 0 Å². The van der Waals surface area contributed by atoms with Gasteiger partial charge in [-0.3, -0.25) is 0 Å². The predicted octanol–water partition coefficient (Wildman–Crippen LogP) is 5.29. The average molecular weight is 488 g/mol. The van der Waals surface area contributed by atoms with Crippen molar-refractivity contribution in [1.29, 1.82) is 0 Å². The summed E-state index contributed by atoms with van der Waals surface area (Å²) in [4.78, 5) is 13.6. The molecule has 0 saturated carbocycles. The smallest absolute Gasteiger partial charge is 0.227 e. The lowest BCUT2D eigenvalue weighted by Crippen LogP contribution is -2.29. The van der Waals surface area contributed by atoms with E-state index in [1.54, 1.807) is 18.3 Å². The topological polar surface area (TPSA) is 62.8 Å². The van der Waals surface area contributed by atoms with E-state index in [1.807, 2.05) is 30.3 Å². The van der Waals surface area contributed by atoms with Crippen molar-refractivity contribution < 1.29 is 9.47 Å². The number of anilines is 3. The summed E-state index contributed by atoms with van der Waals surface area (Å²) in [6.45, 7) is 11.4. The molecule has 0 saturated heterocycles. The van der Waals surface area contributed by atoms with Crippen LogP contribution >= 0.6 is 0 Å². The van der Waals surface area contributed by atoms with Crippen molar-refractivity contribution in [2.24, 2.45) is 0 Å². The number of nitrogens with zero attached hydrogens (tertiary/aromatic N) is 4. The van der Waals surface area contributed by atoms with Crippen LogP contribution in [0.25, 0.3) is 11.3 Å². The largest absolute Gasteiger partial charge is 0.373 e. The number of benzene rings is 2. The molecule has 1 aromatic heterocycles. The first-order valence-electron chi connectivity index (χ1n) is 12.1. The summed E-state index contributed by atoms with van der Waals surface area (Å²) in [5, 5.41) is 3.36. The quantitative estimate of drug-likeness (QED) is 0.231. The minimum absolute atomic E-state index is 0.491. The van der Waals surface area contributed by atoms with Crippen LogP contribution in [0.15, 0.2) is 80.0 Å². The second kappa shape index (κ2) is 14.1. The maximum atomic E-state index is 5.78. The number of rotatable bonds is 15. The van der Waals surface area contributed by atoms with Crippen molar-refractivity contribution in [3.8, 4) is 11.3 Å². The zero-order chi connectivity index (χ0) is 25.8. The number of likely N-dealkylation sites (N-methyl/N-ethyl adjacent to an activating group) is 2. The normalized spacial score (nSPS) is 10.9. The molecule has 0 radical (unpaired) electrons. The van der Waals surface area contributed by atoms with Crippen LogP contribution in [-0.4, -0.2) is 62.3 Å². The van der Waals surface area contributed by atoms with Gasteiger partial charge < -0.3 is 24.6 Å². The highest BCUT2D eigenvalue weighted by molar-refractivity contribution is 5.66. The average Bonchev–Trinajstić information content (AvgIpc) is 2.88. The van der Waals surface area contributed by atoms with E-state index in [1.165, 1.54) is 0 Å². The molecule has 0 aliphatic rings. The summed E-state index contributed by atoms with van der Waals surface area (Å²) in [7, 11) is 6.26. The summed E-state index contributed by atoms with van der Waals surface area (Å²) in [5.41, 5.74) is 6.06. The standard InChI is InChI=1S/C29H37N5O2/c1-6-17-35-21-23-9-8-10-24(19-23)27-13-14-30-29(32-27)31-26-11-12-28(34(5)16-15-33(3)4)25(20-26)22-36-18-7-2/h6-14,19-20H,1-2,15-18,21-22H2,3-5H3,(H,30,31,32). The fourth-order valence-electron chi connectivity index (χ4n) is 3.66. The van der Waals surface area contributed by atoms with Crippen LogP contribution in [0, 0.1) is 0 Å². The monoisotopic (exact) mass is 487 g/mol. The molecular weight excluding hydrogens is 450 g/mol. The fourth-order valence-corrected chi connectivity index (χ4v) is 3.66. The number of ether oxygens (including phenoxy) is 2. The number of hydrogen-bond acceptors (Lipinski definition) is 7. The van der Waals surface area contributed by atoms with E-state index in [0.717, 1.165) is 46.8 Å². The lowest BCUT2D eigenvalue weighted by Gasteiger charge is -2.25. The van der Waals surface area contributed by atoms with Gasteiger partial charge >= 0.3 is 0 Å². The molecule has 7 heteroatoms. The lowest BCUT2D eigenvalue weighted by molar-refractivity contribution is 0.149. The summed E-state index contributed by atoms with van der Waals surface area (Å²) < 4.78 is 11.4. The van der Waals surface area contributed by atoms with E-state index in [0.29, 0.717) is 32.4 Å². The third-order valence-electron chi connectivity index (χ3n) is 5.51. The Labute approximate surface area is 215 Å². The first kappa shape index (κ1) is 27.1. The molecule has 190 valence electrons.